The minimum absolute atomic E-state index is 0.0301. The van der Waals surface area contributed by atoms with Gasteiger partial charge in [-0.1, -0.05) is 0 Å². The smallest absolute Gasteiger partial charge is 0.258 e. The summed E-state index contributed by atoms with van der Waals surface area (Å²) in [6.07, 6.45) is 3.15. The van der Waals surface area contributed by atoms with E-state index in [1.165, 1.54) is 25.2 Å². The first kappa shape index (κ1) is 17.1. The molecule has 1 aromatic carbocycles. The van der Waals surface area contributed by atoms with E-state index < -0.39 is 15.9 Å². The molecule has 9 heteroatoms. The van der Waals surface area contributed by atoms with Gasteiger partial charge >= 0.3 is 0 Å². The molecular formula is C15H17BrN4O3S. The Bertz CT molecular complexity index is 869. The Balaban J connectivity index is 1.87. The number of hydrogen-bond donors (Lipinski definition) is 2. The Labute approximate surface area is 148 Å². The normalized spacial score (nSPS) is 14.2. The number of carbonyl (C=O) groups is 1. The number of nitrogens with zero attached hydrogens (tertiary/aromatic N) is 2. The maximum Gasteiger partial charge on any atom is 0.258 e. The summed E-state index contributed by atoms with van der Waals surface area (Å²) in [7, 11) is -2.29. The number of benzene rings is 1. The zero-order valence-corrected chi connectivity index (χ0v) is 15.4. The molecule has 2 heterocycles. The Morgan fingerprint density at radius 3 is 2.79 bits per heavy atom. The summed E-state index contributed by atoms with van der Waals surface area (Å²) in [4.78, 5) is 12.5. The van der Waals surface area contributed by atoms with Crippen LogP contribution in [0, 0.1) is 0 Å². The molecular weight excluding hydrogens is 396 g/mol. The zero-order valence-electron chi connectivity index (χ0n) is 13.0. The monoisotopic (exact) mass is 412 g/mol. The third kappa shape index (κ3) is 3.38. The topological polar surface area (TPSA) is 93.1 Å². The Kier molecular flexibility index (Phi) is 4.75. The number of fused-ring (bicyclic) bond motifs is 1. The van der Waals surface area contributed by atoms with Gasteiger partial charge < -0.3 is 5.32 Å². The van der Waals surface area contributed by atoms with Crippen LogP contribution in [-0.4, -0.2) is 31.2 Å². The maximum atomic E-state index is 12.5. The van der Waals surface area contributed by atoms with Crippen LogP contribution in [0.3, 0.4) is 0 Å². The van der Waals surface area contributed by atoms with Crippen molar-refractivity contribution in [2.75, 3.05) is 12.4 Å². The van der Waals surface area contributed by atoms with Gasteiger partial charge in [0.2, 0.25) is 10.0 Å². The lowest BCUT2D eigenvalue weighted by atomic mass is 10.1. The van der Waals surface area contributed by atoms with E-state index in [9.17, 15) is 13.2 Å². The van der Waals surface area contributed by atoms with Crippen LogP contribution in [0.15, 0.2) is 33.6 Å². The SMILES string of the molecule is CNS(=O)(=O)c1ccc(Br)c(C(=O)Nc2cc3n(n2)CCCC3)c1. The van der Waals surface area contributed by atoms with Gasteiger partial charge in [-0.3, -0.25) is 9.48 Å². The molecule has 0 saturated carbocycles. The summed E-state index contributed by atoms with van der Waals surface area (Å²) in [5, 5.41) is 7.11. The molecule has 2 N–H and O–H groups in total. The first-order chi connectivity index (χ1) is 11.4. The highest BCUT2D eigenvalue weighted by molar-refractivity contribution is 9.10. The number of carbonyl (C=O) groups excluding carboxylic acids is 1. The Morgan fingerprint density at radius 1 is 1.29 bits per heavy atom. The van der Waals surface area contributed by atoms with Gasteiger partial charge in [-0.2, -0.15) is 5.10 Å². The highest BCUT2D eigenvalue weighted by Gasteiger charge is 2.19. The largest absolute Gasteiger partial charge is 0.305 e. The number of aryl methyl sites for hydroxylation is 2. The number of sulfonamides is 1. The zero-order chi connectivity index (χ0) is 17.3. The molecule has 0 radical (unpaired) electrons. The lowest BCUT2D eigenvalue weighted by molar-refractivity contribution is 0.102. The van der Waals surface area contributed by atoms with Crippen molar-refractivity contribution < 1.29 is 13.2 Å². The molecule has 2 aromatic rings. The van der Waals surface area contributed by atoms with Crippen LogP contribution in [0.2, 0.25) is 0 Å². The third-order valence-electron chi connectivity index (χ3n) is 3.92. The fraction of sp³-hybridized carbons (Fsp3) is 0.333. The number of nitrogens with one attached hydrogen (secondary N) is 2. The molecule has 0 atom stereocenters. The minimum Gasteiger partial charge on any atom is -0.305 e. The highest BCUT2D eigenvalue weighted by Crippen LogP contribution is 2.23. The van der Waals surface area contributed by atoms with Crippen LogP contribution in [0.5, 0.6) is 0 Å². The number of hydrogen-bond acceptors (Lipinski definition) is 4. The molecule has 1 aliphatic rings. The van der Waals surface area contributed by atoms with Crippen molar-refractivity contribution in [3.63, 3.8) is 0 Å². The predicted molar refractivity (Wildman–Crippen MR) is 93.5 cm³/mol. The molecule has 24 heavy (non-hydrogen) atoms. The molecule has 0 aliphatic carbocycles. The van der Waals surface area contributed by atoms with Crippen molar-refractivity contribution in [2.24, 2.45) is 0 Å². The van der Waals surface area contributed by atoms with Gasteiger partial charge in [0, 0.05) is 22.8 Å². The van der Waals surface area contributed by atoms with Crippen LogP contribution in [0.25, 0.3) is 0 Å². The summed E-state index contributed by atoms with van der Waals surface area (Å²) < 4.78 is 28.5. The summed E-state index contributed by atoms with van der Waals surface area (Å²) in [5.41, 5.74) is 1.33. The average Bonchev–Trinajstić information content (AvgIpc) is 2.97. The molecule has 0 bridgehead atoms. The van der Waals surface area contributed by atoms with Crippen molar-refractivity contribution >= 4 is 37.7 Å². The van der Waals surface area contributed by atoms with Gasteiger partial charge in [-0.15, -0.1) is 0 Å². The fourth-order valence-corrected chi connectivity index (χ4v) is 3.81. The number of anilines is 1. The van der Waals surface area contributed by atoms with Gasteiger partial charge in [-0.05, 0) is 60.4 Å². The van der Waals surface area contributed by atoms with Crippen LogP contribution >= 0.6 is 15.9 Å². The average molecular weight is 413 g/mol. The van der Waals surface area contributed by atoms with Crippen LogP contribution < -0.4 is 10.0 Å². The van der Waals surface area contributed by atoms with E-state index in [-0.39, 0.29) is 10.5 Å². The molecule has 0 saturated heterocycles. The Morgan fingerprint density at radius 2 is 2.08 bits per heavy atom. The second kappa shape index (κ2) is 6.66. The molecule has 3 rings (SSSR count). The second-order valence-corrected chi connectivity index (χ2v) is 8.25. The summed E-state index contributed by atoms with van der Waals surface area (Å²) in [5.74, 6) is 0.0659. The highest BCUT2D eigenvalue weighted by atomic mass is 79.9. The molecule has 0 spiro atoms. The molecule has 1 aromatic heterocycles. The predicted octanol–water partition coefficient (Wildman–Crippen LogP) is 2.14. The second-order valence-electron chi connectivity index (χ2n) is 5.50. The Hall–Kier alpha value is -1.71. The van der Waals surface area contributed by atoms with E-state index in [1.807, 2.05) is 10.7 Å². The molecule has 0 unspecified atom stereocenters. The van der Waals surface area contributed by atoms with E-state index >= 15 is 0 Å². The molecule has 1 amide bonds. The quantitative estimate of drug-likeness (QED) is 0.804. The van der Waals surface area contributed by atoms with Crippen molar-refractivity contribution in [3.05, 3.63) is 40.0 Å². The van der Waals surface area contributed by atoms with Crippen molar-refractivity contribution in [2.45, 2.75) is 30.7 Å². The first-order valence-electron chi connectivity index (χ1n) is 7.52. The number of amides is 1. The number of aromatic nitrogens is 2. The van der Waals surface area contributed by atoms with Crippen LogP contribution in [0.1, 0.15) is 28.9 Å². The number of halogens is 1. The van der Waals surface area contributed by atoms with Gasteiger partial charge in [0.1, 0.15) is 0 Å². The lowest BCUT2D eigenvalue weighted by Crippen LogP contribution is -2.20. The summed E-state index contributed by atoms with van der Waals surface area (Å²) >= 11 is 3.29. The van der Waals surface area contributed by atoms with E-state index in [0.29, 0.717) is 10.3 Å². The van der Waals surface area contributed by atoms with E-state index in [2.05, 4.69) is 31.1 Å². The summed E-state index contributed by atoms with van der Waals surface area (Å²) in [6.45, 7) is 0.852. The van der Waals surface area contributed by atoms with Crippen LogP contribution in [0.4, 0.5) is 5.82 Å². The maximum absolute atomic E-state index is 12.5. The number of rotatable bonds is 4. The van der Waals surface area contributed by atoms with E-state index in [4.69, 9.17) is 0 Å². The van der Waals surface area contributed by atoms with Crippen LogP contribution in [-0.2, 0) is 23.0 Å². The van der Waals surface area contributed by atoms with Crippen molar-refractivity contribution in [1.82, 2.24) is 14.5 Å². The van der Waals surface area contributed by atoms with Gasteiger partial charge in [0.05, 0.1) is 10.5 Å². The molecule has 128 valence electrons. The first-order valence-corrected chi connectivity index (χ1v) is 9.79. The van der Waals surface area contributed by atoms with Crippen molar-refractivity contribution in [1.29, 1.82) is 0 Å². The van der Waals surface area contributed by atoms with E-state index in [1.54, 1.807) is 0 Å². The van der Waals surface area contributed by atoms with E-state index in [0.717, 1.165) is 31.5 Å². The van der Waals surface area contributed by atoms with Crippen molar-refractivity contribution in [3.8, 4) is 0 Å². The third-order valence-corrected chi connectivity index (χ3v) is 6.02. The van der Waals surface area contributed by atoms with Gasteiger partial charge in [-0.25, -0.2) is 13.1 Å². The molecule has 0 fully saturated rings. The molecule has 1 aliphatic heterocycles. The fourth-order valence-electron chi connectivity index (χ4n) is 2.63. The molecule has 7 nitrogen and oxygen atoms in total. The standard InChI is InChI=1S/C15H17BrN4O3S/c1-17-24(22,23)11-5-6-13(16)12(9-11)15(21)18-14-8-10-4-2-3-7-20(10)19-14/h5-6,8-9,17H,2-4,7H2,1H3,(H,18,19,21). The van der Waals surface area contributed by atoms with Gasteiger partial charge in [0.15, 0.2) is 5.82 Å². The lowest BCUT2D eigenvalue weighted by Gasteiger charge is -2.11. The van der Waals surface area contributed by atoms with Gasteiger partial charge in [0.25, 0.3) is 5.91 Å². The summed E-state index contributed by atoms with van der Waals surface area (Å²) in [6, 6.07) is 6.17. The minimum atomic E-state index is -3.62.